The lowest BCUT2D eigenvalue weighted by Gasteiger charge is -2.22. The molecule has 1 aliphatic rings. The first-order valence-electron chi connectivity index (χ1n) is 9.34. The van der Waals surface area contributed by atoms with Crippen LogP contribution in [0.3, 0.4) is 0 Å². The molecular formula is C20H25ClN6O. The molecule has 1 unspecified atom stereocenters. The van der Waals surface area contributed by atoms with Crippen molar-refractivity contribution in [3.8, 4) is 0 Å². The fraction of sp³-hybridized carbons (Fsp3) is 0.350. The zero-order chi connectivity index (χ0) is 18.6. The third-order valence-electron chi connectivity index (χ3n) is 4.80. The summed E-state index contributed by atoms with van der Waals surface area (Å²) in [6.45, 7) is 4.47. The van der Waals surface area contributed by atoms with Crippen LogP contribution in [0, 0.1) is 6.92 Å². The Morgan fingerprint density at radius 3 is 2.82 bits per heavy atom. The largest absolute Gasteiger partial charge is 0.315 e. The van der Waals surface area contributed by atoms with Crippen molar-refractivity contribution < 1.29 is 4.79 Å². The molecular weight excluding hydrogens is 376 g/mol. The van der Waals surface area contributed by atoms with E-state index < -0.39 is 0 Å². The summed E-state index contributed by atoms with van der Waals surface area (Å²) in [6, 6.07) is 14.0. The summed E-state index contributed by atoms with van der Waals surface area (Å²) >= 11 is 0. The van der Waals surface area contributed by atoms with Gasteiger partial charge >= 0.3 is 0 Å². The molecule has 148 valence electrons. The monoisotopic (exact) mass is 400 g/mol. The van der Waals surface area contributed by atoms with Gasteiger partial charge in [0.15, 0.2) is 5.69 Å². The van der Waals surface area contributed by atoms with Crippen molar-refractivity contribution in [1.29, 1.82) is 0 Å². The number of aryl methyl sites for hydroxylation is 1. The third kappa shape index (κ3) is 4.61. The minimum Gasteiger partial charge on any atom is -0.315 e. The number of hydrogen-bond acceptors (Lipinski definition) is 4. The second-order valence-corrected chi connectivity index (χ2v) is 6.95. The number of amides is 1. The normalized spacial score (nSPS) is 16.4. The van der Waals surface area contributed by atoms with Gasteiger partial charge in [0.25, 0.3) is 5.91 Å². The number of rotatable bonds is 5. The Bertz CT molecular complexity index is 914. The second kappa shape index (κ2) is 9.03. The van der Waals surface area contributed by atoms with E-state index in [1.165, 1.54) is 0 Å². The number of piperidine rings is 1. The van der Waals surface area contributed by atoms with E-state index in [1.54, 1.807) is 6.07 Å². The Labute approximate surface area is 170 Å². The number of carbonyl (C=O) groups excluding carboxylic acids is 1. The lowest BCUT2D eigenvalue weighted by atomic mass is 10.1. The topological polar surface area (TPSA) is 76.8 Å². The van der Waals surface area contributed by atoms with Crippen LogP contribution in [0.5, 0.6) is 0 Å². The number of anilines is 1. The second-order valence-electron chi connectivity index (χ2n) is 6.95. The summed E-state index contributed by atoms with van der Waals surface area (Å²) in [6.07, 6.45) is 4.10. The van der Waals surface area contributed by atoms with Crippen LogP contribution in [-0.4, -0.2) is 38.6 Å². The van der Waals surface area contributed by atoms with Crippen LogP contribution in [-0.2, 0) is 6.54 Å². The molecule has 1 atom stereocenters. The molecule has 2 N–H and O–H groups in total. The first kappa shape index (κ1) is 20.1. The van der Waals surface area contributed by atoms with Gasteiger partial charge in [-0.25, -0.2) is 4.68 Å². The van der Waals surface area contributed by atoms with Gasteiger partial charge in [0.2, 0.25) is 0 Å². The molecule has 7 nitrogen and oxygen atoms in total. The van der Waals surface area contributed by atoms with Crippen LogP contribution < -0.4 is 10.6 Å². The molecule has 1 fully saturated rings. The quantitative estimate of drug-likeness (QED) is 0.690. The highest BCUT2D eigenvalue weighted by molar-refractivity contribution is 6.02. The fourth-order valence-electron chi connectivity index (χ4n) is 3.43. The highest BCUT2D eigenvalue weighted by Crippen LogP contribution is 2.17. The Hall–Kier alpha value is -2.64. The smallest absolute Gasteiger partial charge is 0.277 e. The molecule has 1 aromatic carbocycles. The van der Waals surface area contributed by atoms with Gasteiger partial charge in [-0.1, -0.05) is 30.3 Å². The lowest BCUT2D eigenvalue weighted by molar-refractivity contribution is 0.102. The van der Waals surface area contributed by atoms with E-state index in [4.69, 9.17) is 0 Å². The van der Waals surface area contributed by atoms with Crippen LogP contribution in [0.15, 0.2) is 48.7 Å². The predicted molar refractivity (Wildman–Crippen MR) is 111 cm³/mol. The van der Waals surface area contributed by atoms with E-state index in [1.807, 2.05) is 58.9 Å². The minimum absolute atomic E-state index is 0. The molecule has 1 saturated heterocycles. The molecule has 0 bridgehead atoms. The summed E-state index contributed by atoms with van der Waals surface area (Å²) < 4.78 is 3.71. The predicted octanol–water partition coefficient (Wildman–Crippen LogP) is 3.03. The number of aromatic nitrogens is 4. The molecule has 2 aromatic heterocycles. The van der Waals surface area contributed by atoms with E-state index in [2.05, 4.69) is 20.8 Å². The molecule has 28 heavy (non-hydrogen) atoms. The molecule has 3 aromatic rings. The first-order chi connectivity index (χ1) is 13.2. The van der Waals surface area contributed by atoms with Crippen LogP contribution in [0.1, 0.15) is 40.6 Å². The van der Waals surface area contributed by atoms with E-state index in [0.717, 1.165) is 37.2 Å². The SMILES string of the molecule is Cc1cc(NC(=O)c2ccn(C3CCCNC3)n2)n(Cc2ccccc2)n1.Cl. The third-order valence-corrected chi connectivity index (χ3v) is 4.80. The van der Waals surface area contributed by atoms with Gasteiger partial charge in [0.05, 0.1) is 18.3 Å². The zero-order valence-electron chi connectivity index (χ0n) is 15.8. The van der Waals surface area contributed by atoms with Crippen molar-refractivity contribution in [1.82, 2.24) is 24.9 Å². The average Bonchev–Trinajstić information content (AvgIpc) is 3.31. The molecule has 8 heteroatoms. The van der Waals surface area contributed by atoms with Gasteiger partial charge in [-0.05, 0) is 37.9 Å². The minimum atomic E-state index is -0.216. The van der Waals surface area contributed by atoms with Gasteiger partial charge in [-0.15, -0.1) is 12.4 Å². The maximum Gasteiger partial charge on any atom is 0.277 e. The number of hydrogen-bond donors (Lipinski definition) is 2. The van der Waals surface area contributed by atoms with E-state index in [-0.39, 0.29) is 18.3 Å². The molecule has 1 amide bonds. The average molecular weight is 401 g/mol. The van der Waals surface area contributed by atoms with Crippen LogP contribution in [0.25, 0.3) is 0 Å². The van der Waals surface area contributed by atoms with Gasteiger partial charge in [-0.3, -0.25) is 9.48 Å². The summed E-state index contributed by atoms with van der Waals surface area (Å²) in [5, 5.41) is 15.3. The Morgan fingerprint density at radius 2 is 2.07 bits per heavy atom. The number of nitrogens with one attached hydrogen (secondary N) is 2. The van der Waals surface area contributed by atoms with Crippen LogP contribution >= 0.6 is 12.4 Å². The summed E-state index contributed by atoms with van der Waals surface area (Å²) in [4.78, 5) is 12.7. The number of benzene rings is 1. The molecule has 3 heterocycles. The maximum atomic E-state index is 12.7. The molecule has 0 radical (unpaired) electrons. The molecule has 0 spiro atoms. The molecule has 0 aliphatic carbocycles. The molecule has 0 saturated carbocycles. The van der Waals surface area contributed by atoms with Crippen molar-refractivity contribution >= 4 is 24.1 Å². The highest BCUT2D eigenvalue weighted by atomic mass is 35.5. The summed E-state index contributed by atoms with van der Waals surface area (Å²) in [5.41, 5.74) is 2.41. The van der Waals surface area contributed by atoms with Gasteiger partial charge in [-0.2, -0.15) is 10.2 Å². The lowest BCUT2D eigenvalue weighted by Crippen LogP contribution is -2.32. The molecule has 4 rings (SSSR count). The van der Waals surface area contributed by atoms with Crippen molar-refractivity contribution in [2.75, 3.05) is 18.4 Å². The van der Waals surface area contributed by atoms with E-state index in [9.17, 15) is 4.79 Å². The van der Waals surface area contributed by atoms with E-state index >= 15 is 0 Å². The Balaban J connectivity index is 0.00000225. The van der Waals surface area contributed by atoms with Crippen molar-refractivity contribution in [3.05, 3.63) is 65.6 Å². The van der Waals surface area contributed by atoms with Crippen molar-refractivity contribution in [2.24, 2.45) is 0 Å². The first-order valence-corrected chi connectivity index (χ1v) is 9.34. The van der Waals surface area contributed by atoms with Crippen LogP contribution in [0.4, 0.5) is 5.82 Å². The van der Waals surface area contributed by atoms with Gasteiger partial charge in [0, 0.05) is 18.8 Å². The maximum absolute atomic E-state index is 12.7. The van der Waals surface area contributed by atoms with Gasteiger partial charge < -0.3 is 10.6 Å². The van der Waals surface area contributed by atoms with Crippen molar-refractivity contribution in [3.63, 3.8) is 0 Å². The Morgan fingerprint density at radius 1 is 1.25 bits per heavy atom. The number of halogens is 1. The van der Waals surface area contributed by atoms with Gasteiger partial charge in [0.1, 0.15) is 5.82 Å². The highest BCUT2D eigenvalue weighted by Gasteiger charge is 2.18. The summed E-state index contributed by atoms with van der Waals surface area (Å²) in [7, 11) is 0. The summed E-state index contributed by atoms with van der Waals surface area (Å²) in [5.74, 6) is 0.460. The standard InChI is InChI=1S/C20H24N6O.ClH/c1-15-12-19(26(23-15)14-16-6-3-2-4-7-16)22-20(27)18-9-11-25(24-18)17-8-5-10-21-13-17;/h2-4,6-7,9,11-12,17,21H,5,8,10,13-14H2,1H3,(H,22,27);1H. The van der Waals surface area contributed by atoms with Crippen LogP contribution in [0.2, 0.25) is 0 Å². The fourth-order valence-corrected chi connectivity index (χ4v) is 3.43. The number of nitrogens with zero attached hydrogens (tertiary/aromatic N) is 4. The Kier molecular flexibility index (Phi) is 6.49. The zero-order valence-corrected chi connectivity index (χ0v) is 16.7. The van der Waals surface area contributed by atoms with E-state index in [0.29, 0.717) is 24.1 Å². The number of carbonyl (C=O) groups is 1. The molecule has 1 aliphatic heterocycles. The van der Waals surface area contributed by atoms with Crippen molar-refractivity contribution in [2.45, 2.75) is 32.4 Å².